The number of carbonyl (C=O) groups excluding carboxylic acids is 2. The standard InChI is InChI=1S/C21H22O2.C11H9Br.C10H14O2/c1-2-12-21(18-8-5-9-19(18)23-20(21)22)14-15-10-11-16-6-3-4-7-17(16)13-15;12-8-9-5-6-10-3-1-2-4-11(10)7-9;1-2-4-8-7-5-3-6-9(7)12-10(8)11/h2-4,6-7,10-11,13,18-19H,1,5,8-9,12,14H2;1-7H,8H2;2,7-9H,1,3-6H2. The molecule has 2 heterocycles. The van der Waals surface area contributed by atoms with E-state index in [-0.39, 0.29) is 30.1 Å². The van der Waals surface area contributed by atoms with Crippen LogP contribution >= 0.6 is 15.9 Å². The van der Waals surface area contributed by atoms with Crippen LogP contribution in [0.1, 0.15) is 62.5 Å². The number of esters is 2. The second-order valence-corrected chi connectivity index (χ2v) is 14.1. The second kappa shape index (κ2) is 15.0. The molecule has 2 aliphatic carbocycles. The van der Waals surface area contributed by atoms with Crippen molar-refractivity contribution in [1.82, 2.24) is 0 Å². The molecule has 4 nitrogen and oxygen atoms in total. The van der Waals surface area contributed by atoms with Gasteiger partial charge >= 0.3 is 11.9 Å². The van der Waals surface area contributed by atoms with E-state index in [4.69, 9.17) is 9.47 Å². The lowest BCUT2D eigenvalue weighted by molar-refractivity contribution is -0.149. The number of hydrogen-bond donors (Lipinski definition) is 0. The Morgan fingerprint density at radius 3 is 2.00 bits per heavy atom. The van der Waals surface area contributed by atoms with Gasteiger partial charge in [-0.2, -0.15) is 0 Å². The van der Waals surface area contributed by atoms with Gasteiger partial charge in [-0.1, -0.05) is 113 Å². The zero-order valence-corrected chi connectivity index (χ0v) is 28.7. The predicted octanol–water partition coefficient (Wildman–Crippen LogP) is 10.3. The highest BCUT2D eigenvalue weighted by atomic mass is 79.9. The van der Waals surface area contributed by atoms with Crippen LogP contribution in [-0.4, -0.2) is 24.1 Å². The summed E-state index contributed by atoms with van der Waals surface area (Å²) >= 11 is 3.44. The minimum atomic E-state index is -0.411. The molecule has 6 unspecified atom stereocenters. The number of halogens is 1. The van der Waals surface area contributed by atoms with Crippen molar-refractivity contribution >= 4 is 49.4 Å². The summed E-state index contributed by atoms with van der Waals surface area (Å²) in [5.41, 5.74) is 2.13. The van der Waals surface area contributed by atoms with Gasteiger partial charge in [0.25, 0.3) is 0 Å². The molecule has 4 fully saturated rings. The van der Waals surface area contributed by atoms with Crippen LogP contribution in [0.4, 0.5) is 0 Å². The van der Waals surface area contributed by atoms with E-state index in [1.54, 1.807) is 0 Å². The number of alkyl halides is 1. The summed E-state index contributed by atoms with van der Waals surface area (Å²) in [6.45, 7) is 7.57. The third kappa shape index (κ3) is 7.11. The summed E-state index contributed by atoms with van der Waals surface area (Å²) in [6.07, 6.45) is 13.1. The van der Waals surface area contributed by atoms with E-state index < -0.39 is 5.41 Å². The molecular weight excluding hydrogens is 648 g/mol. The van der Waals surface area contributed by atoms with Gasteiger partial charge < -0.3 is 9.47 Å². The van der Waals surface area contributed by atoms with Crippen molar-refractivity contribution in [3.63, 3.8) is 0 Å². The third-order valence-electron chi connectivity index (χ3n) is 10.6. The Labute approximate surface area is 287 Å². The molecule has 47 heavy (non-hydrogen) atoms. The molecule has 0 N–H and O–H groups in total. The molecule has 2 aliphatic heterocycles. The van der Waals surface area contributed by atoms with Crippen molar-refractivity contribution in [2.24, 2.45) is 23.2 Å². The second-order valence-electron chi connectivity index (χ2n) is 13.5. The lowest BCUT2D eigenvalue weighted by Gasteiger charge is -2.29. The number of ether oxygens (including phenoxy) is 2. The van der Waals surface area contributed by atoms with Crippen LogP contribution in [0, 0.1) is 23.2 Å². The molecule has 4 aromatic rings. The first-order valence-corrected chi connectivity index (χ1v) is 18.2. The zero-order chi connectivity index (χ0) is 32.8. The van der Waals surface area contributed by atoms with Gasteiger partial charge in [0.1, 0.15) is 12.2 Å². The highest BCUT2D eigenvalue weighted by Crippen LogP contribution is 2.52. The first-order chi connectivity index (χ1) is 23.0. The summed E-state index contributed by atoms with van der Waals surface area (Å²) in [5, 5.41) is 6.02. The number of hydrogen-bond acceptors (Lipinski definition) is 4. The normalized spacial score (nSPS) is 27.1. The fourth-order valence-corrected chi connectivity index (χ4v) is 8.68. The smallest absolute Gasteiger partial charge is 0.313 e. The van der Waals surface area contributed by atoms with Crippen LogP contribution in [0.2, 0.25) is 0 Å². The first kappa shape index (κ1) is 33.2. The molecule has 0 bridgehead atoms. The monoisotopic (exact) mass is 692 g/mol. The predicted molar refractivity (Wildman–Crippen MR) is 194 cm³/mol. The fourth-order valence-electron chi connectivity index (χ4n) is 8.33. The van der Waals surface area contributed by atoms with Gasteiger partial charge in [-0.25, -0.2) is 0 Å². The van der Waals surface area contributed by atoms with E-state index in [1.807, 2.05) is 12.2 Å². The van der Waals surface area contributed by atoms with Crippen molar-refractivity contribution in [2.75, 3.05) is 0 Å². The molecule has 5 heteroatoms. The first-order valence-electron chi connectivity index (χ1n) is 17.1. The molecule has 244 valence electrons. The van der Waals surface area contributed by atoms with Crippen LogP contribution in [0.25, 0.3) is 21.5 Å². The molecule has 2 saturated heterocycles. The van der Waals surface area contributed by atoms with Crippen molar-refractivity contribution in [3.8, 4) is 0 Å². The van der Waals surface area contributed by atoms with Crippen molar-refractivity contribution in [2.45, 2.75) is 75.3 Å². The quantitative estimate of drug-likeness (QED) is 0.110. The number of rotatable bonds is 7. The van der Waals surface area contributed by atoms with Crippen molar-refractivity contribution in [1.29, 1.82) is 0 Å². The van der Waals surface area contributed by atoms with Crippen LogP contribution in [0.5, 0.6) is 0 Å². The maximum atomic E-state index is 12.7. The number of allylic oxidation sites excluding steroid dienone is 2. The third-order valence-corrected chi connectivity index (χ3v) is 11.3. The average Bonchev–Trinajstić information content (AvgIpc) is 3.87. The molecule has 4 aromatic carbocycles. The van der Waals surface area contributed by atoms with Crippen LogP contribution in [0.3, 0.4) is 0 Å². The van der Waals surface area contributed by atoms with Crippen molar-refractivity contribution < 1.29 is 19.1 Å². The van der Waals surface area contributed by atoms with E-state index in [0.29, 0.717) is 18.3 Å². The summed E-state index contributed by atoms with van der Waals surface area (Å²) in [7, 11) is 0. The Hall–Kier alpha value is -3.70. The van der Waals surface area contributed by atoms with Crippen LogP contribution in [-0.2, 0) is 30.8 Å². The molecule has 8 rings (SSSR count). The van der Waals surface area contributed by atoms with Gasteiger partial charge in [0.15, 0.2) is 0 Å². The summed E-state index contributed by atoms with van der Waals surface area (Å²) in [6, 6.07) is 29.8. The molecule has 0 radical (unpaired) electrons. The molecule has 4 aliphatic rings. The molecule has 0 amide bonds. The van der Waals surface area contributed by atoms with Gasteiger partial charge in [-0.05, 0) is 90.5 Å². The van der Waals surface area contributed by atoms with Gasteiger partial charge in [0.2, 0.25) is 0 Å². The lowest BCUT2D eigenvalue weighted by atomic mass is 9.69. The molecular formula is C42H45BrO4. The summed E-state index contributed by atoms with van der Waals surface area (Å²) in [5.74, 6) is 0.954. The Kier molecular flexibility index (Phi) is 10.6. The fraction of sp³-hybridized carbons (Fsp3) is 0.381. The molecule has 6 atom stereocenters. The SMILES string of the molecule is BrCc1ccc2ccccc2c1.C=CCC1(Cc2ccc3ccccc3c2)C(=O)OC2CCCC21.C=CCC1C(=O)OC2CCCC21. The molecule has 0 spiro atoms. The lowest BCUT2D eigenvalue weighted by Crippen LogP contribution is -2.35. The minimum Gasteiger partial charge on any atom is -0.462 e. The number of fused-ring (bicyclic) bond motifs is 4. The Morgan fingerprint density at radius 2 is 1.34 bits per heavy atom. The number of benzene rings is 4. The highest BCUT2D eigenvalue weighted by molar-refractivity contribution is 9.08. The number of carbonyl (C=O) groups is 2. The maximum Gasteiger partial charge on any atom is 0.313 e. The van der Waals surface area contributed by atoms with Gasteiger partial charge in [0.05, 0.1) is 11.3 Å². The topological polar surface area (TPSA) is 52.6 Å². The minimum absolute atomic E-state index is 0.00426. The van der Waals surface area contributed by atoms with Gasteiger partial charge in [-0.15, -0.1) is 13.2 Å². The molecule has 0 aromatic heterocycles. The largest absolute Gasteiger partial charge is 0.462 e. The Balaban J connectivity index is 0.000000136. The summed E-state index contributed by atoms with van der Waals surface area (Å²) < 4.78 is 11.0. The van der Waals surface area contributed by atoms with E-state index in [1.165, 1.54) is 45.5 Å². The van der Waals surface area contributed by atoms with Gasteiger partial charge in [-0.3, -0.25) is 9.59 Å². The Morgan fingerprint density at radius 1 is 0.723 bits per heavy atom. The van der Waals surface area contributed by atoms with Crippen LogP contribution < -0.4 is 0 Å². The Bertz CT molecular complexity index is 1750. The zero-order valence-electron chi connectivity index (χ0n) is 27.1. The maximum absolute atomic E-state index is 12.7. The summed E-state index contributed by atoms with van der Waals surface area (Å²) in [4.78, 5) is 24.0. The van der Waals surface area contributed by atoms with E-state index in [9.17, 15) is 9.59 Å². The van der Waals surface area contributed by atoms with E-state index >= 15 is 0 Å². The highest BCUT2D eigenvalue weighted by Gasteiger charge is 2.57. The van der Waals surface area contributed by atoms with Crippen molar-refractivity contribution in [3.05, 3.63) is 121 Å². The van der Waals surface area contributed by atoms with E-state index in [2.05, 4.69) is 114 Å². The van der Waals surface area contributed by atoms with Gasteiger partial charge in [0, 0.05) is 17.2 Å². The van der Waals surface area contributed by atoms with Crippen LogP contribution in [0.15, 0.2) is 110 Å². The average molecular weight is 694 g/mol. The molecule has 2 saturated carbocycles. The van der Waals surface area contributed by atoms with E-state index in [0.717, 1.165) is 43.9 Å².